The highest BCUT2D eigenvalue weighted by molar-refractivity contribution is 14.0. The number of aliphatic imine (C=N–C) groups is 1. The Balaban J connectivity index is 0.00000225. The first-order valence-electron chi connectivity index (χ1n) is 4.88. The number of imidazole rings is 1. The fraction of sp³-hybridized carbons (Fsp3) is 0.400. The largest absolute Gasteiger partial charge is 0.355 e. The molecule has 0 unspecified atom stereocenters. The minimum atomic E-state index is 0. The molecule has 2 N–H and O–H groups in total. The topological polar surface area (TPSA) is 54.2 Å². The van der Waals surface area contributed by atoms with Gasteiger partial charge in [-0.05, 0) is 0 Å². The molecule has 0 saturated heterocycles. The molecule has 0 atom stereocenters. The summed E-state index contributed by atoms with van der Waals surface area (Å²) in [5, 5.41) is 6.28. The zero-order valence-electron chi connectivity index (χ0n) is 9.39. The Hall–Kier alpha value is -1.05. The summed E-state index contributed by atoms with van der Waals surface area (Å²) in [5.41, 5.74) is 0. The highest BCUT2D eigenvalue weighted by Gasteiger charge is 1.94. The summed E-state index contributed by atoms with van der Waals surface area (Å²) in [6.45, 7) is 6.03. The zero-order valence-corrected chi connectivity index (χ0v) is 11.7. The van der Waals surface area contributed by atoms with E-state index in [-0.39, 0.29) is 24.0 Å². The molecular formula is C10H18IN5. The maximum Gasteiger partial charge on any atom is 0.191 e. The van der Waals surface area contributed by atoms with Crippen LogP contribution in [0.2, 0.25) is 0 Å². The van der Waals surface area contributed by atoms with E-state index in [4.69, 9.17) is 0 Å². The molecule has 6 heteroatoms. The molecule has 5 nitrogen and oxygen atoms in total. The lowest BCUT2D eigenvalue weighted by atomic mass is 10.5. The van der Waals surface area contributed by atoms with Crippen LogP contribution >= 0.6 is 24.0 Å². The normalized spacial score (nSPS) is 10.4. The Kier molecular flexibility index (Phi) is 8.59. The van der Waals surface area contributed by atoms with E-state index >= 15 is 0 Å². The van der Waals surface area contributed by atoms with Crippen LogP contribution in [0.3, 0.4) is 0 Å². The predicted molar refractivity (Wildman–Crippen MR) is 77.2 cm³/mol. The highest BCUT2D eigenvalue weighted by atomic mass is 127. The molecule has 0 aliphatic rings. The SMILES string of the molecule is C=CCNC(=NC)NCCn1ccnc1.I. The molecule has 0 radical (unpaired) electrons. The van der Waals surface area contributed by atoms with E-state index < -0.39 is 0 Å². The molecule has 0 amide bonds. The summed E-state index contributed by atoms with van der Waals surface area (Å²) >= 11 is 0. The van der Waals surface area contributed by atoms with Gasteiger partial charge in [0.15, 0.2) is 5.96 Å². The van der Waals surface area contributed by atoms with Crippen molar-refractivity contribution in [1.29, 1.82) is 0 Å². The van der Waals surface area contributed by atoms with Gasteiger partial charge in [0.05, 0.1) is 6.33 Å². The Morgan fingerprint density at radius 3 is 2.94 bits per heavy atom. The van der Waals surface area contributed by atoms with Crippen LogP contribution in [0.15, 0.2) is 36.4 Å². The van der Waals surface area contributed by atoms with Crippen LogP contribution in [-0.4, -0.2) is 35.6 Å². The predicted octanol–water partition coefficient (Wildman–Crippen LogP) is 0.852. The summed E-state index contributed by atoms with van der Waals surface area (Å²) in [5.74, 6) is 0.787. The molecule has 0 aliphatic heterocycles. The molecule has 0 fully saturated rings. The average Bonchev–Trinajstić information content (AvgIpc) is 2.76. The van der Waals surface area contributed by atoms with Crippen LogP contribution in [0.4, 0.5) is 0 Å². The number of rotatable bonds is 5. The maximum absolute atomic E-state index is 4.07. The molecule has 0 aliphatic carbocycles. The van der Waals surface area contributed by atoms with E-state index in [1.54, 1.807) is 25.6 Å². The van der Waals surface area contributed by atoms with Gasteiger partial charge in [0.1, 0.15) is 0 Å². The lowest BCUT2D eigenvalue weighted by Gasteiger charge is -2.10. The summed E-state index contributed by atoms with van der Waals surface area (Å²) in [6, 6.07) is 0. The van der Waals surface area contributed by atoms with Gasteiger partial charge in [-0.2, -0.15) is 0 Å². The van der Waals surface area contributed by atoms with Gasteiger partial charge in [-0.1, -0.05) is 6.08 Å². The number of nitrogens with one attached hydrogen (secondary N) is 2. The molecule has 1 rings (SSSR count). The second-order valence-electron chi connectivity index (χ2n) is 2.97. The molecule has 1 aromatic rings. The zero-order chi connectivity index (χ0) is 10.9. The minimum Gasteiger partial charge on any atom is -0.355 e. The molecule has 0 spiro atoms. The smallest absolute Gasteiger partial charge is 0.191 e. The van der Waals surface area contributed by atoms with Crippen molar-refractivity contribution in [2.45, 2.75) is 6.54 Å². The average molecular weight is 335 g/mol. The Morgan fingerprint density at radius 2 is 2.38 bits per heavy atom. The highest BCUT2D eigenvalue weighted by Crippen LogP contribution is 1.83. The van der Waals surface area contributed by atoms with E-state index in [2.05, 4.69) is 27.2 Å². The van der Waals surface area contributed by atoms with Crippen molar-refractivity contribution in [3.8, 4) is 0 Å². The van der Waals surface area contributed by atoms with Crippen molar-refractivity contribution >= 4 is 29.9 Å². The first-order valence-corrected chi connectivity index (χ1v) is 4.88. The first-order chi connectivity index (χ1) is 7.36. The maximum atomic E-state index is 4.07. The molecule has 0 bridgehead atoms. The van der Waals surface area contributed by atoms with Crippen LogP contribution in [0.25, 0.3) is 0 Å². The van der Waals surface area contributed by atoms with Gasteiger partial charge >= 0.3 is 0 Å². The molecule has 0 saturated carbocycles. The minimum absolute atomic E-state index is 0. The van der Waals surface area contributed by atoms with Crippen LogP contribution in [0, 0.1) is 0 Å². The number of nitrogens with zero attached hydrogens (tertiary/aromatic N) is 3. The Bertz CT molecular complexity index is 307. The summed E-state index contributed by atoms with van der Waals surface area (Å²) in [4.78, 5) is 8.03. The summed E-state index contributed by atoms with van der Waals surface area (Å²) in [7, 11) is 1.75. The van der Waals surface area contributed by atoms with Crippen LogP contribution in [0.1, 0.15) is 0 Å². The van der Waals surface area contributed by atoms with Gasteiger partial charge in [0, 0.05) is 39.1 Å². The van der Waals surface area contributed by atoms with E-state index in [0.717, 1.165) is 19.0 Å². The van der Waals surface area contributed by atoms with Crippen LogP contribution in [0.5, 0.6) is 0 Å². The van der Waals surface area contributed by atoms with Gasteiger partial charge in [0.25, 0.3) is 0 Å². The number of hydrogen-bond donors (Lipinski definition) is 2. The number of hydrogen-bond acceptors (Lipinski definition) is 2. The van der Waals surface area contributed by atoms with E-state index in [9.17, 15) is 0 Å². The van der Waals surface area contributed by atoms with Gasteiger partial charge in [-0.3, -0.25) is 4.99 Å². The molecule has 1 aromatic heterocycles. The van der Waals surface area contributed by atoms with Gasteiger partial charge in [-0.25, -0.2) is 4.98 Å². The number of aromatic nitrogens is 2. The van der Waals surface area contributed by atoms with Crippen molar-refractivity contribution in [3.63, 3.8) is 0 Å². The third-order valence-corrected chi connectivity index (χ3v) is 1.86. The van der Waals surface area contributed by atoms with Crippen molar-refractivity contribution in [3.05, 3.63) is 31.4 Å². The van der Waals surface area contributed by atoms with Crippen molar-refractivity contribution < 1.29 is 0 Å². The molecule has 0 aromatic carbocycles. The summed E-state index contributed by atoms with van der Waals surface area (Å²) < 4.78 is 2.01. The Morgan fingerprint density at radius 1 is 1.56 bits per heavy atom. The fourth-order valence-corrected chi connectivity index (χ4v) is 1.11. The lowest BCUT2D eigenvalue weighted by molar-refractivity contribution is 0.665. The van der Waals surface area contributed by atoms with Crippen molar-refractivity contribution in [2.75, 3.05) is 20.1 Å². The Labute approximate surface area is 113 Å². The van der Waals surface area contributed by atoms with Gasteiger partial charge in [0.2, 0.25) is 0 Å². The molecule has 16 heavy (non-hydrogen) atoms. The van der Waals surface area contributed by atoms with Gasteiger partial charge < -0.3 is 15.2 Å². The second kappa shape index (κ2) is 9.20. The monoisotopic (exact) mass is 335 g/mol. The summed E-state index contributed by atoms with van der Waals surface area (Å²) in [6.07, 6.45) is 7.29. The third kappa shape index (κ3) is 5.74. The van der Waals surface area contributed by atoms with Crippen molar-refractivity contribution in [2.24, 2.45) is 4.99 Å². The quantitative estimate of drug-likeness (QED) is 0.363. The van der Waals surface area contributed by atoms with Crippen LogP contribution < -0.4 is 10.6 Å². The van der Waals surface area contributed by atoms with Crippen molar-refractivity contribution in [1.82, 2.24) is 20.2 Å². The number of guanidine groups is 1. The molecule has 90 valence electrons. The lowest BCUT2D eigenvalue weighted by Crippen LogP contribution is -2.38. The van der Waals surface area contributed by atoms with E-state index in [0.29, 0.717) is 6.54 Å². The van der Waals surface area contributed by atoms with Gasteiger partial charge in [-0.15, -0.1) is 30.6 Å². The fourth-order valence-electron chi connectivity index (χ4n) is 1.11. The molecular weight excluding hydrogens is 317 g/mol. The first kappa shape index (κ1) is 14.9. The number of halogens is 1. The third-order valence-electron chi connectivity index (χ3n) is 1.86. The van der Waals surface area contributed by atoms with E-state index in [1.165, 1.54) is 0 Å². The van der Waals surface area contributed by atoms with E-state index in [1.807, 2.05) is 10.8 Å². The molecule has 1 heterocycles. The second-order valence-corrected chi connectivity index (χ2v) is 2.97. The standard InChI is InChI=1S/C10H17N5.HI/c1-3-4-13-10(11-2)14-6-8-15-7-5-12-9-15;/h3,5,7,9H,1,4,6,8H2,2H3,(H2,11,13,14);1H. The van der Waals surface area contributed by atoms with Crippen LogP contribution in [-0.2, 0) is 6.54 Å².